The van der Waals surface area contributed by atoms with E-state index in [0.717, 1.165) is 47.5 Å². The second-order valence-corrected chi connectivity index (χ2v) is 6.77. The molecule has 2 aliphatic heterocycles. The minimum absolute atomic E-state index is 0.290. The van der Waals surface area contributed by atoms with Crippen LogP contribution in [0.4, 0.5) is 17.5 Å². The summed E-state index contributed by atoms with van der Waals surface area (Å²) >= 11 is 0. The van der Waals surface area contributed by atoms with Crippen LogP contribution in [0.3, 0.4) is 0 Å². The summed E-state index contributed by atoms with van der Waals surface area (Å²) in [5.74, 6) is 3.15. The van der Waals surface area contributed by atoms with E-state index in [2.05, 4.69) is 39.5 Å². The van der Waals surface area contributed by atoms with Crippen LogP contribution in [0.5, 0.6) is 11.5 Å². The molecule has 2 aromatic carbocycles. The van der Waals surface area contributed by atoms with Crippen LogP contribution in [0.2, 0.25) is 0 Å². The number of para-hydroxylation sites is 1. The molecular weight excluding hydrogens is 340 g/mol. The number of hydrogen-bond acceptors (Lipinski definition) is 6. The highest BCUT2D eigenvalue weighted by molar-refractivity contribution is 5.66. The van der Waals surface area contributed by atoms with Gasteiger partial charge in [0.05, 0.1) is 0 Å². The molecule has 0 saturated heterocycles. The Hall–Kier alpha value is -3.28. The lowest BCUT2D eigenvalue weighted by molar-refractivity contribution is 0.174. The van der Waals surface area contributed by atoms with Gasteiger partial charge in [0, 0.05) is 30.5 Å². The van der Waals surface area contributed by atoms with Gasteiger partial charge in [0.1, 0.15) is 5.82 Å². The fourth-order valence-electron chi connectivity index (χ4n) is 3.55. The molecule has 0 amide bonds. The topological polar surface area (TPSA) is 59.5 Å². The number of benzene rings is 2. The first kappa shape index (κ1) is 15.9. The molecule has 0 aliphatic carbocycles. The van der Waals surface area contributed by atoms with Crippen LogP contribution in [-0.4, -0.2) is 23.3 Å². The molecule has 1 aromatic heterocycles. The highest BCUT2D eigenvalue weighted by Gasteiger charge is 2.22. The third kappa shape index (κ3) is 3.03. The van der Waals surface area contributed by atoms with E-state index >= 15 is 0 Å². The van der Waals surface area contributed by atoms with Crippen molar-refractivity contribution in [3.63, 3.8) is 0 Å². The Labute approximate surface area is 157 Å². The molecule has 0 unspecified atom stereocenters. The quantitative estimate of drug-likeness (QED) is 0.763. The summed E-state index contributed by atoms with van der Waals surface area (Å²) in [4.78, 5) is 11.6. The monoisotopic (exact) mass is 360 g/mol. The molecule has 3 aromatic rings. The minimum Gasteiger partial charge on any atom is -0.454 e. The maximum absolute atomic E-state index is 5.45. The standard InChI is InChI=1S/C21H20N4O2/c1-14-10-20(22-12-15-6-7-18-19(11-15)27-13-26-18)24-21(23-14)25-9-8-16-4-2-3-5-17(16)25/h2-7,10-11H,8-9,12-13H2,1H3,(H,22,23,24). The van der Waals surface area contributed by atoms with Gasteiger partial charge in [-0.05, 0) is 42.7 Å². The molecule has 2 aliphatic rings. The molecule has 0 atom stereocenters. The zero-order chi connectivity index (χ0) is 18.2. The van der Waals surface area contributed by atoms with Crippen molar-refractivity contribution in [2.75, 3.05) is 23.6 Å². The van der Waals surface area contributed by atoms with Crippen molar-refractivity contribution >= 4 is 17.5 Å². The zero-order valence-corrected chi connectivity index (χ0v) is 15.1. The second-order valence-electron chi connectivity index (χ2n) is 6.77. The average molecular weight is 360 g/mol. The largest absolute Gasteiger partial charge is 0.454 e. The molecule has 0 fully saturated rings. The van der Waals surface area contributed by atoms with Crippen LogP contribution < -0.4 is 19.7 Å². The molecule has 6 heteroatoms. The molecule has 3 heterocycles. The Kier molecular flexibility index (Phi) is 3.81. The van der Waals surface area contributed by atoms with E-state index in [0.29, 0.717) is 6.54 Å². The van der Waals surface area contributed by atoms with E-state index in [-0.39, 0.29) is 6.79 Å². The first-order valence-corrected chi connectivity index (χ1v) is 9.10. The fourth-order valence-corrected chi connectivity index (χ4v) is 3.55. The average Bonchev–Trinajstić information content (AvgIpc) is 3.32. The first-order chi connectivity index (χ1) is 13.3. The third-order valence-electron chi connectivity index (χ3n) is 4.88. The summed E-state index contributed by atoms with van der Waals surface area (Å²) in [5.41, 5.74) is 4.60. The Morgan fingerprint density at radius 2 is 1.93 bits per heavy atom. The second kappa shape index (κ2) is 6.46. The van der Waals surface area contributed by atoms with Crippen molar-refractivity contribution in [3.05, 3.63) is 65.4 Å². The highest BCUT2D eigenvalue weighted by atomic mass is 16.7. The molecule has 0 saturated carbocycles. The summed E-state index contributed by atoms with van der Waals surface area (Å²) in [5, 5.41) is 3.41. The van der Waals surface area contributed by atoms with Crippen LogP contribution in [-0.2, 0) is 13.0 Å². The Balaban J connectivity index is 1.37. The van der Waals surface area contributed by atoms with E-state index in [1.165, 1.54) is 11.3 Å². The SMILES string of the molecule is Cc1cc(NCc2ccc3c(c2)OCO3)nc(N2CCc3ccccc32)n1. The van der Waals surface area contributed by atoms with Crippen molar-refractivity contribution in [3.8, 4) is 11.5 Å². The van der Waals surface area contributed by atoms with Gasteiger partial charge in [0.25, 0.3) is 0 Å². The molecule has 5 rings (SSSR count). The predicted octanol–water partition coefficient (Wildman–Crippen LogP) is 3.82. The summed E-state index contributed by atoms with van der Waals surface area (Å²) < 4.78 is 10.8. The number of ether oxygens (including phenoxy) is 2. The molecule has 0 spiro atoms. The number of fused-ring (bicyclic) bond motifs is 2. The molecule has 136 valence electrons. The van der Waals surface area contributed by atoms with Gasteiger partial charge >= 0.3 is 0 Å². The van der Waals surface area contributed by atoms with E-state index in [1.54, 1.807) is 0 Å². The number of nitrogens with zero attached hydrogens (tertiary/aromatic N) is 3. The number of nitrogens with one attached hydrogen (secondary N) is 1. The molecule has 27 heavy (non-hydrogen) atoms. The molecule has 0 radical (unpaired) electrons. The van der Waals surface area contributed by atoms with Crippen LogP contribution in [0, 0.1) is 6.92 Å². The Morgan fingerprint density at radius 3 is 2.89 bits per heavy atom. The smallest absolute Gasteiger partial charge is 0.232 e. The molecule has 0 bridgehead atoms. The van der Waals surface area contributed by atoms with Gasteiger partial charge in [0.2, 0.25) is 12.7 Å². The van der Waals surface area contributed by atoms with Gasteiger partial charge in [-0.2, -0.15) is 4.98 Å². The van der Waals surface area contributed by atoms with E-state index in [4.69, 9.17) is 14.5 Å². The van der Waals surface area contributed by atoms with Crippen molar-refractivity contribution in [1.82, 2.24) is 9.97 Å². The van der Waals surface area contributed by atoms with Gasteiger partial charge in [-0.15, -0.1) is 0 Å². The lowest BCUT2D eigenvalue weighted by atomic mass is 10.2. The number of anilines is 3. The predicted molar refractivity (Wildman–Crippen MR) is 104 cm³/mol. The van der Waals surface area contributed by atoms with Gasteiger partial charge in [-0.25, -0.2) is 4.98 Å². The van der Waals surface area contributed by atoms with Gasteiger partial charge < -0.3 is 19.7 Å². The third-order valence-corrected chi connectivity index (χ3v) is 4.88. The fraction of sp³-hybridized carbons (Fsp3) is 0.238. The molecular formula is C21H20N4O2. The Bertz CT molecular complexity index is 1010. The van der Waals surface area contributed by atoms with Gasteiger partial charge in [-0.1, -0.05) is 24.3 Å². The summed E-state index contributed by atoms with van der Waals surface area (Å²) in [6.45, 7) is 3.85. The van der Waals surface area contributed by atoms with Crippen LogP contribution in [0.15, 0.2) is 48.5 Å². The first-order valence-electron chi connectivity index (χ1n) is 9.10. The Morgan fingerprint density at radius 1 is 1.04 bits per heavy atom. The summed E-state index contributed by atoms with van der Waals surface area (Å²) in [6.07, 6.45) is 1.02. The maximum Gasteiger partial charge on any atom is 0.232 e. The van der Waals surface area contributed by atoms with Crippen LogP contribution >= 0.6 is 0 Å². The molecule has 1 N–H and O–H groups in total. The van der Waals surface area contributed by atoms with Crippen molar-refractivity contribution < 1.29 is 9.47 Å². The summed E-state index contributed by atoms with van der Waals surface area (Å²) in [6, 6.07) is 16.4. The normalized spacial score (nSPS) is 14.3. The van der Waals surface area contributed by atoms with Gasteiger partial charge in [0.15, 0.2) is 11.5 Å². The van der Waals surface area contributed by atoms with Crippen LogP contribution in [0.25, 0.3) is 0 Å². The minimum atomic E-state index is 0.290. The number of aryl methyl sites for hydroxylation is 1. The molecule has 6 nitrogen and oxygen atoms in total. The number of hydrogen-bond donors (Lipinski definition) is 1. The van der Waals surface area contributed by atoms with Crippen LogP contribution in [0.1, 0.15) is 16.8 Å². The zero-order valence-electron chi connectivity index (χ0n) is 15.1. The van der Waals surface area contributed by atoms with E-state index < -0.39 is 0 Å². The van der Waals surface area contributed by atoms with E-state index in [1.807, 2.05) is 31.2 Å². The van der Waals surface area contributed by atoms with E-state index in [9.17, 15) is 0 Å². The van der Waals surface area contributed by atoms with Crippen molar-refractivity contribution in [2.45, 2.75) is 19.9 Å². The highest BCUT2D eigenvalue weighted by Crippen LogP contribution is 2.34. The summed E-state index contributed by atoms with van der Waals surface area (Å²) in [7, 11) is 0. The lowest BCUT2D eigenvalue weighted by Gasteiger charge is -2.18. The number of aromatic nitrogens is 2. The maximum atomic E-state index is 5.45. The van der Waals surface area contributed by atoms with Crippen molar-refractivity contribution in [2.24, 2.45) is 0 Å². The lowest BCUT2D eigenvalue weighted by Crippen LogP contribution is -2.17. The van der Waals surface area contributed by atoms with Gasteiger partial charge in [-0.3, -0.25) is 0 Å². The van der Waals surface area contributed by atoms with Crippen molar-refractivity contribution in [1.29, 1.82) is 0 Å². The number of rotatable bonds is 4.